The van der Waals surface area contributed by atoms with E-state index in [9.17, 15) is 8.42 Å². The summed E-state index contributed by atoms with van der Waals surface area (Å²) in [6, 6.07) is 2.47. The van der Waals surface area contributed by atoms with E-state index in [-0.39, 0.29) is 6.04 Å². The van der Waals surface area contributed by atoms with Crippen LogP contribution in [0.5, 0.6) is 0 Å². The summed E-state index contributed by atoms with van der Waals surface area (Å²) in [5.41, 5.74) is 0. The molecule has 0 radical (unpaired) electrons. The molecule has 2 aliphatic rings. The minimum absolute atomic E-state index is 0.0999. The van der Waals surface area contributed by atoms with Crippen molar-refractivity contribution < 1.29 is 8.42 Å². The van der Waals surface area contributed by atoms with Crippen LogP contribution in [0.3, 0.4) is 0 Å². The first-order chi connectivity index (χ1) is 9.98. The third-order valence-electron chi connectivity index (χ3n) is 4.50. The van der Waals surface area contributed by atoms with Crippen molar-refractivity contribution in [1.29, 1.82) is 0 Å². The largest absolute Gasteiger partial charge is 0.309 e. The Kier molecular flexibility index (Phi) is 4.41. The molecule has 0 amide bonds. The van der Waals surface area contributed by atoms with Crippen LogP contribution in [0, 0.1) is 5.92 Å². The van der Waals surface area contributed by atoms with Crippen LogP contribution in [0.25, 0.3) is 0 Å². The second-order valence-electron chi connectivity index (χ2n) is 6.46. The van der Waals surface area contributed by atoms with E-state index >= 15 is 0 Å². The number of thiophene rings is 1. The van der Waals surface area contributed by atoms with E-state index in [4.69, 9.17) is 0 Å². The number of hydrogen-bond acceptors (Lipinski definition) is 4. The Morgan fingerprint density at radius 2 is 2.10 bits per heavy atom. The van der Waals surface area contributed by atoms with E-state index in [1.807, 2.05) is 12.3 Å². The second-order valence-corrected chi connectivity index (χ2v) is 9.32. The van der Waals surface area contributed by atoms with Gasteiger partial charge >= 0.3 is 0 Å². The van der Waals surface area contributed by atoms with Gasteiger partial charge in [0.25, 0.3) is 0 Å². The Labute approximate surface area is 131 Å². The maximum atomic E-state index is 13.0. The van der Waals surface area contributed by atoms with Crippen molar-refractivity contribution in [3.05, 3.63) is 16.3 Å². The van der Waals surface area contributed by atoms with Gasteiger partial charge in [0, 0.05) is 30.1 Å². The van der Waals surface area contributed by atoms with Crippen LogP contribution in [-0.4, -0.2) is 31.4 Å². The van der Waals surface area contributed by atoms with E-state index in [1.54, 1.807) is 21.7 Å². The SMILES string of the molecule is CC1CCN(S(=O)(=O)c2ccsc2CNC2CC2)C(C)C1. The molecule has 21 heavy (non-hydrogen) atoms. The first-order valence-corrected chi connectivity index (χ1v) is 10.1. The highest BCUT2D eigenvalue weighted by Crippen LogP contribution is 2.32. The van der Waals surface area contributed by atoms with Gasteiger partial charge in [0.15, 0.2) is 0 Å². The fourth-order valence-corrected chi connectivity index (χ4v) is 6.11. The third-order valence-corrected chi connectivity index (χ3v) is 7.65. The minimum atomic E-state index is -3.35. The van der Waals surface area contributed by atoms with Crippen LogP contribution in [0.4, 0.5) is 0 Å². The Hall–Kier alpha value is -0.430. The number of nitrogens with one attached hydrogen (secondary N) is 1. The summed E-state index contributed by atoms with van der Waals surface area (Å²) in [5.74, 6) is 0.616. The Morgan fingerprint density at radius 1 is 1.33 bits per heavy atom. The van der Waals surface area contributed by atoms with E-state index in [0.29, 0.717) is 29.9 Å². The average Bonchev–Trinajstić information content (AvgIpc) is 3.12. The molecule has 1 saturated carbocycles. The molecular formula is C15H24N2O2S2. The predicted octanol–water partition coefficient (Wildman–Crippen LogP) is 2.81. The van der Waals surface area contributed by atoms with E-state index < -0.39 is 10.0 Å². The molecule has 1 aliphatic heterocycles. The van der Waals surface area contributed by atoms with Crippen LogP contribution in [0.1, 0.15) is 44.4 Å². The average molecular weight is 329 g/mol. The minimum Gasteiger partial charge on any atom is -0.309 e. The first kappa shape index (κ1) is 15.5. The third kappa shape index (κ3) is 3.33. The Balaban J connectivity index is 1.79. The molecular weight excluding hydrogens is 304 g/mol. The lowest BCUT2D eigenvalue weighted by Gasteiger charge is -2.35. The number of nitrogens with zero attached hydrogens (tertiary/aromatic N) is 1. The smallest absolute Gasteiger partial charge is 0.244 e. The lowest BCUT2D eigenvalue weighted by molar-refractivity contribution is 0.220. The highest BCUT2D eigenvalue weighted by molar-refractivity contribution is 7.89. The Bertz CT molecular complexity index is 593. The lowest BCUT2D eigenvalue weighted by atomic mass is 9.95. The summed E-state index contributed by atoms with van der Waals surface area (Å²) in [7, 11) is -3.35. The predicted molar refractivity (Wildman–Crippen MR) is 85.9 cm³/mol. The van der Waals surface area contributed by atoms with Gasteiger partial charge in [-0.1, -0.05) is 6.92 Å². The molecule has 1 saturated heterocycles. The molecule has 1 N–H and O–H groups in total. The molecule has 1 aliphatic carbocycles. The van der Waals surface area contributed by atoms with E-state index in [2.05, 4.69) is 12.2 Å². The summed E-state index contributed by atoms with van der Waals surface area (Å²) in [5, 5.41) is 5.32. The highest BCUT2D eigenvalue weighted by Gasteiger charge is 2.35. The fourth-order valence-electron chi connectivity index (χ4n) is 3.08. The molecule has 0 aromatic carbocycles. The van der Waals surface area contributed by atoms with Crippen molar-refractivity contribution in [1.82, 2.24) is 9.62 Å². The van der Waals surface area contributed by atoms with Crippen molar-refractivity contribution in [3.8, 4) is 0 Å². The van der Waals surface area contributed by atoms with Crippen LogP contribution < -0.4 is 5.32 Å². The molecule has 0 spiro atoms. The quantitative estimate of drug-likeness (QED) is 0.904. The van der Waals surface area contributed by atoms with Gasteiger partial charge in [-0.15, -0.1) is 11.3 Å². The van der Waals surface area contributed by atoms with Crippen molar-refractivity contribution in [3.63, 3.8) is 0 Å². The van der Waals surface area contributed by atoms with Gasteiger partial charge in [0.05, 0.1) is 4.90 Å². The molecule has 6 heteroatoms. The first-order valence-electron chi connectivity index (χ1n) is 7.80. The normalized spacial score (nSPS) is 27.9. The summed E-state index contributed by atoms with van der Waals surface area (Å²) >= 11 is 1.54. The molecule has 0 bridgehead atoms. The molecule has 2 heterocycles. The van der Waals surface area contributed by atoms with Gasteiger partial charge in [-0.3, -0.25) is 0 Å². The molecule has 1 aromatic heterocycles. The molecule has 3 rings (SSSR count). The van der Waals surface area contributed by atoms with Gasteiger partial charge in [-0.25, -0.2) is 8.42 Å². The number of piperidine rings is 1. The number of rotatable bonds is 5. The monoisotopic (exact) mass is 328 g/mol. The highest BCUT2D eigenvalue weighted by atomic mass is 32.2. The Morgan fingerprint density at radius 3 is 2.76 bits per heavy atom. The topological polar surface area (TPSA) is 49.4 Å². The van der Waals surface area contributed by atoms with Gasteiger partial charge in [-0.05, 0) is 50.0 Å². The van der Waals surface area contributed by atoms with E-state index in [0.717, 1.165) is 17.7 Å². The fraction of sp³-hybridized carbons (Fsp3) is 0.733. The molecule has 118 valence electrons. The van der Waals surface area contributed by atoms with Crippen molar-refractivity contribution in [2.24, 2.45) is 5.92 Å². The molecule has 1 aromatic rings. The summed E-state index contributed by atoms with van der Waals surface area (Å²) in [6.07, 6.45) is 4.35. The second kappa shape index (κ2) is 5.99. The summed E-state index contributed by atoms with van der Waals surface area (Å²) in [4.78, 5) is 1.47. The number of sulfonamides is 1. The number of hydrogen-bond donors (Lipinski definition) is 1. The van der Waals surface area contributed by atoms with Gasteiger partial charge in [0.1, 0.15) is 0 Å². The maximum absolute atomic E-state index is 13.0. The van der Waals surface area contributed by atoms with Crippen LogP contribution in [0.2, 0.25) is 0 Å². The van der Waals surface area contributed by atoms with Crippen LogP contribution in [-0.2, 0) is 16.6 Å². The van der Waals surface area contributed by atoms with Gasteiger partial charge < -0.3 is 5.32 Å². The zero-order valence-electron chi connectivity index (χ0n) is 12.7. The van der Waals surface area contributed by atoms with Gasteiger partial charge in [-0.2, -0.15) is 4.31 Å². The maximum Gasteiger partial charge on any atom is 0.244 e. The van der Waals surface area contributed by atoms with Gasteiger partial charge in [0.2, 0.25) is 10.0 Å². The van der Waals surface area contributed by atoms with Crippen molar-refractivity contribution in [2.75, 3.05) is 6.54 Å². The zero-order valence-corrected chi connectivity index (χ0v) is 14.3. The van der Waals surface area contributed by atoms with Crippen molar-refractivity contribution in [2.45, 2.75) is 63.1 Å². The zero-order chi connectivity index (χ0) is 15.0. The lowest BCUT2D eigenvalue weighted by Crippen LogP contribution is -2.44. The summed E-state index contributed by atoms with van der Waals surface area (Å²) < 4.78 is 27.6. The molecule has 4 nitrogen and oxygen atoms in total. The molecule has 2 unspecified atom stereocenters. The standard InChI is InChI=1S/C15H24N2O2S2/c1-11-5-7-17(12(2)9-11)21(18,19)15-6-8-20-14(15)10-16-13-3-4-13/h6,8,11-13,16H,3-5,7,9-10H2,1-2H3. The van der Waals surface area contributed by atoms with Crippen LogP contribution >= 0.6 is 11.3 Å². The molecule has 2 atom stereocenters. The molecule has 2 fully saturated rings. The van der Waals surface area contributed by atoms with Crippen molar-refractivity contribution >= 4 is 21.4 Å². The van der Waals surface area contributed by atoms with E-state index in [1.165, 1.54) is 12.8 Å². The van der Waals surface area contributed by atoms with Crippen LogP contribution in [0.15, 0.2) is 16.3 Å². The summed E-state index contributed by atoms with van der Waals surface area (Å²) in [6.45, 7) is 5.56.